The third-order valence-electron chi connectivity index (χ3n) is 1.78. The lowest BCUT2D eigenvalue weighted by Gasteiger charge is -2.18. The maximum Gasteiger partial charge on any atom is 0.307 e. The first kappa shape index (κ1) is 9.51. The summed E-state index contributed by atoms with van der Waals surface area (Å²) in [5.74, 6) is -0.894. The molecule has 13 heavy (non-hydrogen) atoms. The molecule has 0 fully saturated rings. The van der Waals surface area contributed by atoms with E-state index in [0.717, 1.165) is 5.57 Å². The summed E-state index contributed by atoms with van der Waals surface area (Å²) in [6.45, 7) is 1.94. The standard InChI is InChI=1S/C9H11NO3/c1-7(11)10-4-2-8(3-5-10)6-9(12)13/h2-4H,5-6H2,1H3,(H,12,13). The molecule has 0 unspecified atom stereocenters. The smallest absolute Gasteiger partial charge is 0.307 e. The van der Waals surface area contributed by atoms with Gasteiger partial charge in [0.25, 0.3) is 0 Å². The second-order valence-electron chi connectivity index (χ2n) is 2.84. The van der Waals surface area contributed by atoms with Crippen molar-refractivity contribution < 1.29 is 14.7 Å². The molecule has 1 N–H and O–H groups in total. The normalized spacial score (nSPS) is 15.5. The van der Waals surface area contributed by atoms with E-state index in [1.54, 1.807) is 18.4 Å². The molecule has 0 aromatic heterocycles. The van der Waals surface area contributed by atoms with Gasteiger partial charge in [0.05, 0.1) is 6.42 Å². The van der Waals surface area contributed by atoms with Crippen LogP contribution in [0.2, 0.25) is 0 Å². The molecule has 0 spiro atoms. The fraction of sp³-hybridized carbons (Fsp3) is 0.333. The number of carboxylic acids is 1. The van der Waals surface area contributed by atoms with Crippen molar-refractivity contribution in [2.45, 2.75) is 13.3 Å². The number of carbonyl (C=O) groups excluding carboxylic acids is 1. The highest BCUT2D eigenvalue weighted by Gasteiger charge is 2.09. The van der Waals surface area contributed by atoms with E-state index in [1.807, 2.05) is 0 Å². The van der Waals surface area contributed by atoms with Gasteiger partial charge in [0.2, 0.25) is 5.91 Å². The Morgan fingerprint density at radius 3 is 2.69 bits per heavy atom. The topological polar surface area (TPSA) is 57.6 Å². The summed E-state index contributed by atoms with van der Waals surface area (Å²) in [6, 6.07) is 0. The van der Waals surface area contributed by atoms with E-state index >= 15 is 0 Å². The van der Waals surface area contributed by atoms with Gasteiger partial charge in [-0.05, 0) is 11.6 Å². The highest BCUT2D eigenvalue weighted by molar-refractivity contribution is 5.75. The van der Waals surface area contributed by atoms with Crippen molar-refractivity contribution in [1.82, 2.24) is 4.90 Å². The molecule has 4 heteroatoms. The van der Waals surface area contributed by atoms with Gasteiger partial charge in [-0.15, -0.1) is 0 Å². The van der Waals surface area contributed by atoms with Gasteiger partial charge in [-0.2, -0.15) is 0 Å². The lowest BCUT2D eigenvalue weighted by molar-refractivity contribution is -0.136. The van der Waals surface area contributed by atoms with Crippen molar-refractivity contribution in [3.05, 3.63) is 23.9 Å². The van der Waals surface area contributed by atoms with E-state index in [4.69, 9.17) is 5.11 Å². The zero-order chi connectivity index (χ0) is 9.84. The molecular weight excluding hydrogens is 170 g/mol. The lowest BCUT2D eigenvalue weighted by Crippen LogP contribution is -2.25. The number of rotatable bonds is 2. The molecule has 1 rings (SSSR count). The van der Waals surface area contributed by atoms with E-state index in [1.165, 1.54) is 11.8 Å². The minimum absolute atomic E-state index is 0.0161. The molecule has 70 valence electrons. The first-order valence-corrected chi connectivity index (χ1v) is 3.96. The van der Waals surface area contributed by atoms with Crippen LogP contribution in [0.5, 0.6) is 0 Å². The molecule has 0 saturated heterocycles. The molecule has 0 aromatic carbocycles. The number of nitrogens with zero attached hydrogens (tertiary/aromatic N) is 1. The second-order valence-corrected chi connectivity index (χ2v) is 2.84. The predicted molar refractivity (Wildman–Crippen MR) is 46.9 cm³/mol. The molecule has 0 radical (unpaired) electrons. The second kappa shape index (κ2) is 3.89. The molecule has 1 aliphatic rings. The van der Waals surface area contributed by atoms with E-state index < -0.39 is 5.97 Å². The van der Waals surface area contributed by atoms with Crippen LogP contribution in [0.15, 0.2) is 23.9 Å². The first-order chi connectivity index (χ1) is 6.09. The van der Waals surface area contributed by atoms with Crippen molar-refractivity contribution in [3.8, 4) is 0 Å². The highest BCUT2D eigenvalue weighted by Crippen LogP contribution is 2.10. The van der Waals surface area contributed by atoms with Gasteiger partial charge in [-0.3, -0.25) is 9.59 Å². The van der Waals surface area contributed by atoms with Gasteiger partial charge in [0, 0.05) is 19.7 Å². The Bertz CT molecular complexity index is 291. The van der Waals surface area contributed by atoms with Gasteiger partial charge in [-0.1, -0.05) is 6.08 Å². The summed E-state index contributed by atoms with van der Waals surface area (Å²) in [5, 5.41) is 8.49. The van der Waals surface area contributed by atoms with Crippen LogP contribution in [-0.4, -0.2) is 28.4 Å². The molecule has 0 saturated carbocycles. The fourth-order valence-electron chi connectivity index (χ4n) is 1.07. The van der Waals surface area contributed by atoms with Crippen LogP contribution in [0.4, 0.5) is 0 Å². The maximum absolute atomic E-state index is 10.9. The third-order valence-corrected chi connectivity index (χ3v) is 1.78. The SMILES string of the molecule is CC(=O)N1C=CC(CC(=O)O)=CC1. The van der Waals surface area contributed by atoms with Crippen molar-refractivity contribution in [2.75, 3.05) is 6.54 Å². The number of amides is 1. The van der Waals surface area contributed by atoms with E-state index in [0.29, 0.717) is 6.54 Å². The Balaban J connectivity index is 2.55. The van der Waals surface area contributed by atoms with Crippen molar-refractivity contribution in [2.24, 2.45) is 0 Å². The number of aliphatic carboxylic acids is 1. The van der Waals surface area contributed by atoms with Gasteiger partial charge < -0.3 is 10.0 Å². The summed E-state index contributed by atoms with van der Waals surface area (Å²) in [4.78, 5) is 22.7. The maximum atomic E-state index is 10.9. The Hall–Kier alpha value is -1.58. The number of allylic oxidation sites excluding steroid dienone is 1. The van der Waals surface area contributed by atoms with Crippen LogP contribution in [0, 0.1) is 0 Å². The number of hydrogen-bond acceptors (Lipinski definition) is 2. The van der Waals surface area contributed by atoms with Crippen LogP contribution < -0.4 is 0 Å². The van der Waals surface area contributed by atoms with Crippen LogP contribution >= 0.6 is 0 Å². The lowest BCUT2D eigenvalue weighted by atomic mass is 10.1. The molecule has 0 aromatic rings. The molecule has 0 bridgehead atoms. The fourth-order valence-corrected chi connectivity index (χ4v) is 1.07. The van der Waals surface area contributed by atoms with E-state index in [-0.39, 0.29) is 12.3 Å². The zero-order valence-electron chi connectivity index (χ0n) is 7.36. The largest absolute Gasteiger partial charge is 0.481 e. The molecule has 0 aliphatic carbocycles. The monoisotopic (exact) mass is 181 g/mol. The van der Waals surface area contributed by atoms with Crippen molar-refractivity contribution in [3.63, 3.8) is 0 Å². The van der Waals surface area contributed by atoms with Gasteiger partial charge in [0.1, 0.15) is 0 Å². The molecule has 1 amide bonds. The molecule has 1 aliphatic heterocycles. The van der Waals surface area contributed by atoms with Gasteiger partial charge in [-0.25, -0.2) is 0 Å². The Labute approximate surface area is 76.2 Å². The Kier molecular flexibility index (Phi) is 2.84. The number of carbonyl (C=O) groups is 2. The van der Waals surface area contributed by atoms with E-state index in [9.17, 15) is 9.59 Å². The van der Waals surface area contributed by atoms with Crippen molar-refractivity contribution >= 4 is 11.9 Å². The summed E-state index contributed by atoms with van der Waals surface area (Å²) < 4.78 is 0. The van der Waals surface area contributed by atoms with Crippen LogP contribution in [0.3, 0.4) is 0 Å². The van der Waals surface area contributed by atoms with E-state index in [2.05, 4.69) is 0 Å². The van der Waals surface area contributed by atoms with Gasteiger partial charge in [0.15, 0.2) is 0 Å². The summed E-state index contributed by atoms with van der Waals surface area (Å²) in [5.41, 5.74) is 0.741. The summed E-state index contributed by atoms with van der Waals surface area (Å²) in [7, 11) is 0. The predicted octanol–water partition coefficient (Wildman–Crippen LogP) is 0.763. The first-order valence-electron chi connectivity index (χ1n) is 3.96. The average molecular weight is 181 g/mol. The number of hydrogen-bond donors (Lipinski definition) is 1. The molecule has 1 heterocycles. The molecular formula is C9H11NO3. The zero-order valence-corrected chi connectivity index (χ0v) is 7.36. The van der Waals surface area contributed by atoms with Crippen molar-refractivity contribution in [1.29, 1.82) is 0 Å². The van der Waals surface area contributed by atoms with Gasteiger partial charge >= 0.3 is 5.97 Å². The molecule has 0 atom stereocenters. The third kappa shape index (κ3) is 2.74. The summed E-state index contributed by atoms with van der Waals surface area (Å²) in [6.07, 6.45) is 5.03. The van der Waals surface area contributed by atoms with Crippen LogP contribution in [0.1, 0.15) is 13.3 Å². The minimum atomic E-state index is -0.854. The Morgan fingerprint density at radius 2 is 2.31 bits per heavy atom. The number of carboxylic acid groups (broad SMARTS) is 1. The quantitative estimate of drug-likeness (QED) is 0.684. The minimum Gasteiger partial charge on any atom is -0.481 e. The highest BCUT2D eigenvalue weighted by atomic mass is 16.4. The Morgan fingerprint density at radius 1 is 1.62 bits per heavy atom. The molecule has 4 nitrogen and oxygen atoms in total. The summed E-state index contributed by atoms with van der Waals surface area (Å²) >= 11 is 0. The van der Waals surface area contributed by atoms with Crippen LogP contribution in [-0.2, 0) is 9.59 Å². The average Bonchev–Trinajstić information content (AvgIpc) is 2.04. The van der Waals surface area contributed by atoms with Crippen LogP contribution in [0.25, 0.3) is 0 Å².